The van der Waals surface area contributed by atoms with E-state index in [1.165, 1.54) is 51.5 Å². The second-order valence-electron chi connectivity index (χ2n) is 10.3. The third kappa shape index (κ3) is 4.94. The van der Waals surface area contributed by atoms with E-state index in [0.29, 0.717) is 55.7 Å². The molecule has 0 atom stereocenters. The number of anilines is 1. The molecule has 0 radical (unpaired) electrons. The van der Waals surface area contributed by atoms with Gasteiger partial charge in [-0.25, -0.2) is 17.2 Å². The Morgan fingerprint density at radius 1 is 0.932 bits per heavy atom. The summed E-state index contributed by atoms with van der Waals surface area (Å²) in [7, 11) is 0.700. The molecule has 0 bridgehead atoms. The Balaban J connectivity index is 1.64. The number of rotatable bonds is 7. The van der Waals surface area contributed by atoms with E-state index in [1.54, 1.807) is 42.5 Å². The van der Waals surface area contributed by atoms with Crippen molar-refractivity contribution in [2.24, 2.45) is 0 Å². The number of furan rings is 1. The number of methoxy groups -OCH3 is 1. The van der Waals surface area contributed by atoms with Crippen molar-refractivity contribution >= 4 is 43.5 Å². The van der Waals surface area contributed by atoms with Gasteiger partial charge in [0.15, 0.2) is 0 Å². The second-order valence-corrected chi connectivity index (χ2v) is 12.3. The van der Waals surface area contributed by atoms with Crippen molar-refractivity contribution in [2.45, 2.75) is 0 Å². The van der Waals surface area contributed by atoms with Gasteiger partial charge in [-0.05, 0) is 66.2 Å². The second kappa shape index (κ2) is 10.8. The molecule has 2 aromatic heterocycles. The zero-order valence-corrected chi connectivity index (χ0v) is 25.0. The molecule has 0 aliphatic rings. The number of carbonyl (C=O) groups excluding carboxylic acids is 1. The average Bonchev–Trinajstić information content (AvgIpc) is 3.62. The maximum Gasteiger partial charge on any atom is 0.255 e. The van der Waals surface area contributed by atoms with Crippen LogP contribution in [-0.4, -0.2) is 46.8 Å². The Labute approximate surface area is 251 Å². The molecule has 224 valence electrons. The van der Waals surface area contributed by atoms with Crippen LogP contribution in [0.15, 0.2) is 83.3 Å². The molecule has 1 amide bonds. The number of carbonyl (C=O) groups is 1. The Morgan fingerprint density at radius 2 is 1.66 bits per heavy atom. The summed E-state index contributed by atoms with van der Waals surface area (Å²) in [5.74, 6) is -0.540. The van der Waals surface area contributed by atoms with E-state index in [9.17, 15) is 22.0 Å². The highest BCUT2D eigenvalue weighted by molar-refractivity contribution is 7.92. The maximum absolute atomic E-state index is 14.5. The summed E-state index contributed by atoms with van der Waals surface area (Å²) < 4.78 is 66.7. The molecule has 0 aliphatic carbocycles. The van der Waals surface area contributed by atoms with Crippen molar-refractivity contribution in [1.29, 1.82) is 0 Å². The van der Waals surface area contributed by atoms with Gasteiger partial charge < -0.3 is 19.5 Å². The van der Waals surface area contributed by atoms with Crippen LogP contribution < -0.4 is 14.4 Å². The molecule has 8 nitrogen and oxygen atoms in total. The fourth-order valence-electron chi connectivity index (χ4n) is 5.31. The molecular weight excluding hydrogens is 588 g/mol. The van der Waals surface area contributed by atoms with Crippen LogP contribution in [0, 0.1) is 11.6 Å². The number of nitrogens with zero attached hydrogens (tertiary/aromatic N) is 1. The largest absolute Gasteiger partial charge is 0.496 e. The number of nitrogens with one attached hydrogen (secondary N) is 2. The van der Waals surface area contributed by atoms with Crippen molar-refractivity contribution in [3.63, 3.8) is 0 Å². The molecule has 0 fully saturated rings. The Kier molecular flexibility index (Phi) is 7.13. The lowest BCUT2D eigenvalue weighted by Gasteiger charge is -2.21. The molecule has 0 unspecified atom stereocenters. The van der Waals surface area contributed by atoms with Crippen LogP contribution in [0.3, 0.4) is 0 Å². The van der Waals surface area contributed by atoms with Crippen LogP contribution in [0.4, 0.5) is 14.5 Å². The molecule has 6 rings (SSSR count). The highest BCUT2D eigenvalue weighted by atomic mass is 32.2. The molecule has 2 heterocycles. The van der Waals surface area contributed by atoms with E-state index in [-0.39, 0.29) is 22.7 Å². The zero-order valence-electron chi connectivity index (χ0n) is 24.2. The summed E-state index contributed by atoms with van der Waals surface area (Å²) in [6.07, 6.45) is 1.08. The van der Waals surface area contributed by atoms with Crippen molar-refractivity contribution in [3.05, 3.63) is 96.1 Å². The van der Waals surface area contributed by atoms with E-state index in [1.807, 2.05) is 6.07 Å². The minimum Gasteiger partial charge on any atom is -0.496 e. The van der Waals surface area contributed by atoms with Gasteiger partial charge in [-0.2, -0.15) is 0 Å². The number of aromatic nitrogens is 1. The number of hydrogen-bond acceptors (Lipinski definition) is 5. The molecule has 0 aliphatic heterocycles. The number of H-pyrrole nitrogens is 1. The topological polar surface area (TPSA) is 105 Å². The highest BCUT2D eigenvalue weighted by Crippen LogP contribution is 2.43. The van der Waals surface area contributed by atoms with Gasteiger partial charge in [-0.15, -0.1) is 0 Å². The molecule has 44 heavy (non-hydrogen) atoms. The first-order valence-electron chi connectivity index (χ1n) is 13.5. The monoisotopic (exact) mass is 615 g/mol. The number of amides is 1. The third-order valence-corrected chi connectivity index (χ3v) is 8.81. The van der Waals surface area contributed by atoms with Gasteiger partial charge in [0.2, 0.25) is 10.0 Å². The molecule has 0 saturated heterocycles. The molecule has 11 heteroatoms. The quantitative estimate of drug-likeness (QED) is 0.202. The Bertz CT molecular complexity index is 2190. The predicted molar refractivity (Wildman–Crippen MR) is 167 cm³/mol. The SMILES string of the molecule is CNC(=O)c1c(-c2ccc(F)cc2)oc2cc(N(C)S(C)(=O)=O)c(-c3ccc(OC)c(-c4cc5c(F)cccc5[nH]4)c3)cc12. The van der Waals surface area contributed by atoms with E-state index in [0.717, 1.165) is 10.6 Å². The highest BCUT2D eigenvalue weighted by Gasteiger charge is 2.26. The minimum absolute atomic E-state index is 0.208. The average molecular weight is 616 g/mol. The number of halogens is 2. The minimum atomic E-state index is -3.74. The Hall–Kier alpha value is -5.16. The first kappa shape index (κ1) is 28.9. The number of aromatic amines is 1. The first-order valence-corrected chi connectivity index (χ1v) is 15.3. The van der Waals surface area contributed by atoms with Crippen LogP contribution in [0.1, 0.15) is 10.4 Å². The summed E-state index contributed by atoms with van der Waals surface area (Å²) in [4.78, 5) is 16.4. The lowest BCUT2D eigenvalue weighted by atomic mass is 9.96. The standard InChI is InChI=1S/C33H27F2N3O5S/c1-36-33(39)31-24-15-21(19-10-13-29(42-3)23(14-19)27-16-22-25(35)6-5-7-26(22)37-27)28(38(2)44(4,40)41)17-30(24)43-32(31)18-8-11-20(34)12-9-18/h5-17,37H,1-4H3,(H,36,39). The van der Waals surface area contributed by atoms with Crippen LogP contribution >= 0.6 is 0 Å². The fourth-order valence-corrected chi connectivity index (χ4v) is 5.82. The number of sulfonamides is 1. The summed E-state index contributed by atoms with van der Waals surface area (Å²) in [5, 5.41) is 3.47. The summed E-state index contributed by atoms with van der Waals surface area (Å²) in [6, 6.07) is 20.6. The van der Waals surface area contributed by atoms with Crippen LogP contribution in [0.25, 0.3) is 55.6 Å². The summed E-state index contributed by atoms with van der Waals surface area (Å²) in [5.41, 5.74) is 4.12. The lowest BCUT2D eigenvalue weighted by Crippen LogP contribution is -2.25. The van der Waals surface area contributed by atoms with E-state index < -0.39 is 21.7 Å². The van der Waals surface area contributed by atoms with Gasteiger partial charge in [0.25, 0.3) is 5.91 Å². The normalized spacial score (nSPS) is 11.7. The number of hydrogen-bond donors (Lipinski definition) is 2. The van der Waals surface area contributed by atoms with Crippen molar-refractivity contribution in [3.8, 4) is 39.5 Å². The van der Waals surface area contributed by atoms with Crippen LogP contribution in [0.5, 0.6) is 5.75 Å². The fraction of sp³-hybridized carbons (Fsp3) is 0.121. The molecule has 6 aromatic rings. The molecular formula is C33H27F2N3O5S. The zero-order chi connectivity index (χ0) is 31.3. The third-order valence-electron chi connectivity index (χ3n) is 7.62. The number of ether oxygens (including phenoxy) is 1. The van der Waals surface area contributed by atoms with Gasteiger partial charge in [0.05, 0.1) is 30.3 Å². The van der Waals surface area contributed by atoms with Gasteiger partial charge in [-0.1, -0.05) is 12.1 Å². The van der Waals surface area contributed by atoms with E-state index >= 15 is 0 Å². The van der Waals surface area contributed by atoms with E-state index in [2.05, 4.69) is 10.3 Å². The molecule has 4 aromatic carbocycles. The van der Waals surface area contributed by atoms with Crippen molar-refractivity contribution < 1.29 is 31.1 Å². The number of fused-ring (bicyclic) bond motifs is 2. The van der Waals surface area contributed by atoms with E-state index in [4.69, 9.17) is 9.15 Å². The molecule has 0 spiro atoms. The van der Waals surface area contributed by atoms with Crippen molar-refractivity contribution in [1.82, 2.24) is 10.3 Å². The predicted octanol–water partition coefficient (Wildman–Crippen LogP) is 6.96. The van der Waals surface area contributed by atoms with Crippen LogP contribution in [-0.2, 0) is 10.0 Å². The molecule has 2 N–H and O–H groups in total. The van der Waals surface area contributed by atoms with Gasteiger partial charge in [0, 0.05) is 53.1 Å². The Morgan fingerprint density at radius 3 is 2.32 bits per heavy atom. The van der Waals surface area contributed by atoms with Gasteiger partial charge in [0.1, 0.15) is 28.7 Å². The summed E-state index contributed by atoms with van der Waals surface area (Å²) in [6.45, 7) is 0. The molecule has 0 saturated carbocycles. The first-order chi connectivity index (χ1) is 21.0. The van der Waals surface area contributed by atoms with Gasteiger partial charge >= 0.3 is 0 Å². The smallest absolute Gasteiger partial charge is 0.255 e. The lowest BCUT2D eigenvalue weighted by molar-refractivity contribution is 0.0964. The van der Waals surface area contributed by atoms with Crippen LogP contribution in [0.2, 0.25) is 0 Å². The number of benzene rings is 4. The summed E-state index contributed by atoms with van der Waals surface area (Å²) >= 11 is 0. The maximum atomic E-state index is 14.5. The van der Waals surface area contributed by atoms with Crippen molar-refractivity contribution in [2.75, 3.05) is 31.8 Å². The van der Waals surface area contributed by atoms with Gasteiger partial charge in [-0.3, -0.25) is 9.10 Å².